The average molecular weight is 394 g/mol. The Balaban J connectivity index is 1.78. The van der Waals surface area contributed by atoms with Gasteiger partial charge < -0.3 is 4.90 Å². The molecule has 1 fully saturated rings. The van der Waals surface area contributed by atoms with Gasteiger partial charge in [0.2, 0.25) is 0 Å². The molecular formula is C23H24ClN3O. The quantitative estimate of drug-likeness (QED) is 0.417. The zero-order valence-electron chi connectivity index (χ0n) is 15.8. The van der Waals surface area contributed by atoms with E-state index in [1.807, 2.05) is 12.1 Å². The van der Waals surface area contributed by atoms with Crippen molar-refractivity contribution in [1.82, 2.24) is 9.80 Å². The zero-order chi connectivity index (χ0) is 19.9. The molecule has 1 amide bonds. The van der Waals surface area contributed by atoms with Crippen LogP contribution in [0.3, 0.4) is 0 Å². The minimum absolute atomic E-state index is 0.150. The summed E-state index contributed by atoms with van der Waals surface area (Å²) >= 11 is 5.97. The van der Waals surface area contributed by atoms with Crippen LogP contribution in [0, 0.1) is 0 Å². The maximum Gasteiger partial charge on any atom is 0.257 e. The summed E-state index contributed by atoms with van der Waals surface area (Å²) < 4.78 is 0. The van der Waals surface area contributed by atoms with Crippen molar-refractivity contribution in [3.05, 3.63) is 95.2 Å². The number of rotatable bonds is 6. The molecule has 28 heavy (non-hydrogen) atoms. The van der Waals surface area contributed by atoms with Crippen LogP contribution in [-0.2, 0) is 4.79 Å². The molecule has 0 unspecified atom stereocenters. The molecule has 0 N–H and O–H groups in total. The molecule has 2 aromatic rings. The first-order valence-electron chi connectivity index (χ1n) is 9.26. The Kier molecular flexibility index (Phi) is 6.80. The number of carbonyl (C=O) groups excluding carboxylic acids is 1. The normalized spacial score (nSPS) is 15.5. The van der Waals surface area contributed by atoms with Crippen LogP contribution in [0.25, 0.3) is 0 Å². The van der Waals surface area contributed by atoms with E-state index in [9.17, 15) is 4.79 Å². The lowest BCUT2D eigenvalue weighted by Crippen LogP contribution is -2.50. The molecule has 4 nitrogen and oxygen atoms in total. The summed E-state index contributed by atoms with van der Waals surface area (Å²) in [4.78, 5) is 20.6. The van der Waals surface area contributed by atoms with Gasteiger partial charge in [-0.1, -0.05) is 78.8 Å². The lowest BCUT2D eigenvalue weighted by atomic mass is 9.96. The smallest absolute Gasteiger partial charge is 0.257 e. The van der Waals surface area contributed by atoms with Crippen molar-refractivity contribution in [2.24, 2.45) is 4.99 Å². The van der Waals surface area contributed by atoms with Crippen LogP contribution in [0.1, 0.15) is 17.2 Å². The molecule has 0 spiro atoms. The SMILES string of the molecule is C=N/C=C(\C(=C)Cl)C(=O)N1CCN(C(c2ccccc2)c2ccccc2)CC1. The fourth-order valence-electron chi connectivity index (χ4n) is 3.57. The minimum atomic E-state index is -0.150. The molecule has 1 heterocycles. The van der Waals surface area contributed by atoms with Gasteiger partial charge >= 0.3 is 0 Å². The van der Waals surface area contributed by atoms with Crippen molar-refractivity contribution in [2.45, 2.75) is 6.04 Å². The molecule has 0 aliphatic carbocycles. The van der Waals surface area contributed by atoms with Crippen LogP contribution in [0.5, 0.6) is 0 Å². The summed E-state index contributed by atoms with van der Waals surface area (Å²) in [7, 11) is 0. The first kappa shape index (κ1) is 20.1. The summed E-state index contributed by atoms with van der Waals surface area (Å²) in [5.41, 5.74) is 2.80. The van der Waals surface area contributed by atoms with E-state index in [0.29, 0.717) is 18.7 Å². The Morgan fingerprint density at radius 2 is 1.46 bits per heavy atom. The Morgan fingerprint density at radius 3 is 1.89 bits per heavy atom. The van der Waals surface area contributed by atoms with Crippen LogP contribution in [0.2, 0.25) is 0 Å². The van der Waals surface area contributed by atoms with Gasteiger partial charge in [0.25, 0.3) is 5.91 Å². The van der Waals surface area contributed by atoms with Crippen molar-refractivity contribution in [3.63, 3.8) is 0 Å². The van der Waals surface area contributed by atoms with Gasteiger partial charge in [-0.15, -0.1) is 0 Å². The number of piperazine rings is 1. The van der Waals surface area contributed by atoms with Crippen LogP contribution >= 0.6 is 11.6 Å². The van der Waals surface area contributed by atoms with Crippen molar-refractivity contribution in [3.8, 4) is 0 Å². The van der Waals surface area contributed by atoms with Crippen molar-refractivity contribution in [2.75, 3.05) is 26.2 Å². The molecular weight excluding hydrogens is 370 g/mol. The fraction of sp³-hybridized carbons (Fsp3) is 0.217. The van der Waals surface area contributed by atoms with E-state index in [1.54, 1.807) is 4.90 Å². The van der Waals surface area contributed by atoms with E-state index >= 15 is 0 Å². The van der Waals surface area contributed by atoms with Gasteiger partial charge in [0, 0.05) is 37.4 Å². The van der Waals surface area contributed by atoms with Gasteiger partial charge in [-0.05, 0) is 17.8 Å². The molecule has 0 bridgehead atoms. The zero-order valence-corrected chi connectivity index (χ0v) is 16.6. The fourth-order valence-corrected chi connectivity index (χ4v) is 3.70. The highest BCUT2D eigenvalue weighted by Crippen LogP contribution is 2.29. The second-order valence-corrected chi connectivity index (χ2v) is 7.14. The summed E-state index contributed by atoms with van der Waals surface area (Å²) in [6.45, 7) is 9.84. The molecule has 144 valence electrons. The molecule has 1 saturated heterocycles. The molecule has 0 aromatic heterocycles. The van der Waals surface area contributed by atoms with Crippen molar-refractivity contribution in [1.29, 1.82) is 0 Å². The molecule has 0 atom stereocenters. The number of carbonyl (C=O) groups is 1. The van der Waals surface area contributed by atoms with Gasteiger partial charge in [-0.2, -0.15) is 0 Å². The highest BCUT2D eigenvalue weighted by Gasteiger charge is 2.29. The van der Waals surface area contributed by atoms with Crippen LogP contribution in [0.4, 0.5) is 0 Å². The second-order valence-electron chi connectivity index (χ2n) is 6.68. The highest BCUT2D eigenvalue weighted by molar-refractivity contribution is 6.35. The number of benzene rings is 2. The standard InChI is InChI=1S/C23H24ClN3O/c1-18(24)21(17-25-2)23(28)27-15-13-26(14-16-27)22(19-9-5-3-6-10-19)20-11-7-4-8-12-20/h3-12,17,22H,1-2,13-16H2/b21-17+. The molecule has 1 aliphatic heterocycles. The largest absolute Gasteiger partial charge is 0.336 e. The van der Waals surface area contributed by atoms with E-state index in [2.05, 4.69) is 71.7 Å². The number of hydrogen-bond acceptors (Lipinski definition) is 3. The number of hydrogen-bond donors (Lipinski definition) is 0. The van der Waals surface area contributed by atoms with Crippen molar-refractivity contribution < 1.29 is 4.79 Å². The highest BCUT2D eigenvalue weighted by atomic mass is 35.5. The third-order valence-corrected chi connectivity index (χ3v) is 5.14. The monoisotopic (exact) mass is 393 g/mol. The first-order chi connectivity index (χ1) is 13.6. The Labute approximate surface area is 171 Å². The molecule has 5 heteroatoms. The number of aliphatic imine (C=N–C) groups is 1. The molecule has 0 radical (unpaired) electrons. The molecule has 3 rings (SSSR count). The van der Waals surface area contributed by atoms with Crippen LogP contribution in [0.15, 0.2) is 89.0 Å². The predicted molar refractivity (Wildman–Crippen MR) is 116 cm³/mol. The minimum Gasteiger partial charge on any atom is -0.336 e. The van der Waals surface area contributed by atoms with Gasteiger partial charge in [-0.25, -0.2) is 0 Å². The van der Waals surface area contributed by atoms with E-state index in [0.717, 1.165) is 13.1 Å². The predicted octanol–water partition coefficient (Wildman–Crippen LogP) is 4.26. The summed E-state index contributed by atoms with van der Waals surface area (Å²) in [5.74, 6) is -0.150. The molecule has 2 aromatic carbocycles. The molecule has 1 aliphatic rings. The van der Waals surface area contributed by atoms with Crippen molar-refractivity contribution >= 4 is 24.2 Å². The van der Waals surface area contributed by atoms with Gasteiger partial charge in [0.15, 0.2) is 0 Å². The lowest BCUT2D eigenvalue weighted by molar-refractivity contribution is -0.128. The Hall–Kier alpha value is -2.69. The average Bonchev–Trinajstić information content (AvgIpc) is 2.73. The Morgan fingerprint density at radius 1 is 0.964 bits per heavy atom. The van der Waals surface area contributed by atoms with Gasteiger partial charge in [-0.3, -0.25) is 14.7 Å². The third kappa shape index (κ3) is 4.58. The van der Waals surface area contributed by atoms with E-state index in [1.165, 1.54) is 17.3 Å². The number of halogens is 1. The van der Waals surface area contributed by atoms with Gasteiger partial charge in [0.05, 0.1) is 11.6 Å². The summed E-state index contributed by atoms with van der Waals surface area (Å²) in [6, 6.07) is 21.1. The van der Waals surface area contributed by atoms with Crippen LogP contribution < -0.4 is 0 Å². The number of amides is 1. The first-order valence-corrected chi connectivity index (χ1v) is 9.63. The maximum absolute atomic E-state index is 12.8. The second kappa shape index (κ2) is 9.49. The lowest BCUT2D eigenvalue weighted by Gasteiger charge is -2.40. The third-order valence-electron chi connectivity index (χ3n) is 4.94. The maximum atomic E-state index is 12.8. The van der Waals surface area contributed by atoms with E-state index in [4.69, 9.17) is 11.6 Å². The summed E-state index contributed by atoms with van der Waals surface area (Å²) in [5, 5.41) is 0.186. The topological polar surface area (TPSA) is 35.9 Å². The van der Waals surface area contributed by atoms with E-state index in [-0.39, 0.29) is 17.0 Å². The molecule has 0 saturated carbocycles. The van der Waals surface area contributed by atoms with Gasteiger partial charge in [0.1, 0.15) is 0 Å². The number of nitrogens with zero attached hydrogens (tertiary/aromatic N) is 3. The summed E-state index contributed by atoms with van der Waals surface area (Å²) in [6.07, 6.45) is 1.38. The Bertz CT molecular complexity index is 816. The van der Waals surface area contributed by atoms with E-state index < -0.39 is 0 Å². The van der Waals surface area contributed by atoms with Crippen LogP contribution in [-0.4, -0.2) is 48.6 Å².